The summed E-state index contributed by atoms with van der Waals surface area (Å²) in [6, 6.07) is 17.7. The van der Waals surface area contributed by atoms with Crippen LogP contribution in [0, 0.1) is 18.7 Å². The molecule has 6 rings (SSSR count). The highest BCUT2D eigenvalue weighted by Gasteiger charge is 2.56. The molecule has 0 aliphatic carbocycles. The first-order chi connectivity index (χ1) is 19.7. The highest BCUT2D eigenvalue weighted by Crippen LogP contribution is 2.54. The fraction of sp³-hybridized carbons (Fsp3) is 0.172. The number of rotatable bonds is 6. The van der Waals surface area contributed by atoms with Crippen molar-refractivity contribution in [1.29, 1.82) is 0 Å². The number of benzene rings is 3. The predicted molar refractivity (Wildman–Crippen MR) is 158 cm³/mol. The molecular weight excluding hydrogens is 633 g/mol. The molecule has 41 heavy (non-hydrogen) atoms. The highest BCUT2D eigenvalue weighted by atomic mass is 79.9. The number of carbonyl (C=O) groups is 3. The molecule has 2 N–H and O–H groups in total. The summed E-state index contributed by atoms with van der Waals surface area (Å²) in [6.07, 6.45) is 0. The number of halogens is 2. The van der Waals surface area contributed by atoms with Crippen LogP contribution in [-0.2, 0) is 14.4 Å². The first-order valence-electron chi connectivity index (χ1n) is 12.5. The molecule has 3 unspecified atom stereocenters. The molecule has 3 amide bonds. The fourth-order valence-corrected chi connectivity index (χ4v) is 7.95. The van der Waals surface area contributed by atoms with Gasteiger partial charge in [0.1, 0.15) is 16.8 Å². The number of thioether (sulfide) groups is 1. The molecule has 0 spiro atoms. The van der Waals surface area contributed by atoms with E-state index in [0.29, 0.717) is 37.1 Å². The summed E-state index contributed by atoms with van der Waals surface area (Å²) in [5.41, 5.74) is 2.46. The van der Waals surface area contributed by atoms with Crippen molar-refractivity contribution in [2.75, 3.05) is 16.8 Å². The summed E-state index contributed by atoms with van der Waals surface area (Å²) in [5.74, 6) is -2.76. The Hall–Kier alpha value is -3.74. The molecule has 8 nitrogen and oxygen atoms in total. The minimum Gasteiger partial charge on any atom is -0.483 e. The van der Waals surface area contributed by atoms with Gasteiger partial charge in [0.05, 0.1) is 16.6 Å². The zero-order valence-corrected chi connectivity index (χ0v) is 24.6. The molecule has 1 saturated heterocycles. The number of aromatic nitrogens is 1. The number of nitrogens with zero attached hydrogens (tertiary/aromatic N) is 1. The molecule has 208 valence electrons. The van der Waals surface area contributed by atoms with E-state index in [1.807, 2.05) is 19.1 Å². The van der Waals surface area contributed by atoms with E-state index in [9.17, 15) is 23.6 Å². The van der Waals surface area contributed by atoms with Gasteiger partial charge >= 0.3 is 4.87 Å². The molecule has 3 atom stereocenters. The van der Waals surface area contributed by atoms with E-state index in [1.165, 1.54) is 40.9 Å². The highest BCUT2D eigenvalue weighted by molar-refractivity contribution is 9.10. The van der Waals surface area contributed by atoms with Crippen molar-refractivity contribution in [2.45, 2.75) is 23.1 Å². The lowest BCUT2D eigenvalue weighted by atomic mass is 9.82. The van der Waals surface area contributed by atoms with Gasteiger partial charge in [-0.3, -0.25) is 19.2 Å². The van der Waals surface area contributed by atoms with Crippen LogP contribution in [0.3, 0.4) is 0 Å². The lowest BCUT2D eigenvalue weighted by Crippen LogP contribution is -2.32. The zero-order valence-electron chi connectivity index (χ0n) is 21.4. The Morgan fingerprint density at radius 3 is 2.51 bits per heavy atom. The largest absolute Gasteiger partial charge is 0.483 e. The Kier molecular flexibility index (Phi) is 7.30. The van der Waals surface area contributed by atoms with Crippen LogP contribution in [0.5, 0.6) is 5.75 Å². The van der Waals surface area contributed by atoms with Gasteiger partial charge in [0.25, 0.3) is 5.91 Å². The standard InChI is InChI=1S/C29H21BrFN3O5S2/c1-14-2-9-18(10-3-14)34-27(36)23-22(24-26(33-29(38)41-24)40-25(23)28(34)37)19-12-15(30)4-11-20(19)39-13-21(35)32-17-7-5-16(31)6-8-17/h2-12,22-23,25H,13H2,1H3,(H,32,35)(H,33,38). The molecule has 3 aromatic carbocycles. The van der Waals surface area contributed by atoms with Gasteiger partial charge in [0.2, 0.25) is 11.8 Å². The Morgan fingerprint density at radius 1 is 1.05 bits per heavy atom. The van der Waals surface area contributed by atoms with Crippen molar-refractivity contribution in [3.05, 3.63) is 103 Å². The van der Waals surface area contributed by atoms with Crippen molar-refractivity contribution < 1.29 is 23.5 Å². The SMILES string of the molecule is Cc1ccc(N2C(=O)C3Sc4[nH]c(=O)sc4C(c4cc(Br)ccc4OCC(=O)Nc4ccc(F)cc4)C3C2=O)cc1. The maximum Gasteiger partial charge on any atom is 0.305 e. The van der Waals surface area contributed by atoms with Crippen LogP contribution < -0.4 is 19.8 Å². The van der Waals surface area contributed by atoms with Crippen molar-refractivity contribution in [3.8, 4) is 5.75 Å². The van der Waals surface area contributed by atoms with E-state index in [4.69, 9.17) is 4.74 Å². The smallest absolute Gasteiger partial charge is 0.305 e. The van der Waals surface area contributed by atoms with Crippen LogP contribution in [0.2, 0.25) is 0 Å². The van der Waals surface area contributed by atoms with E-state index in [-0.39, 0.29) is 23.3 Å². The van der Waals surface area contributed by atoms with Crippen molar-refractivity contribution in [1.82, 2.24) is 4.98 Å². The van der Waals surface area contributed by atoms with Crippen LogP contribution in [0.4, 0.5) is 15.8 Å². The summed E-state index contributed by atoms with van der Waals surface area (Å²) >= 11 is 5.68. The number of hydrogen-bond acceptors (Lipinski definition) is 7. The van der Waals surface area contributed by atoms with Crippen molar-refractivity contribution >= 4 is 68.1 Å². The van der Waals surface area contributed by atoms with Gasteiger partial charge in [0, 0.05) is 26.5 Å². The minimum absolute atomic E-state index is 0.293. The van der Waals surface area contributed by atoms with E-state index in [1.54, 1.807) is 30.3 Å². The Balaban J connectivity index is 1.36. The number of carbonyl (C=O) groups excluding carboxylic acids is 3. The summed E-state index contributed by atoms with van der Waals surface area (Å²) in [7, 11) is 0. The number of nitrogens with one attached hydrogen (secondary N) is 2. The average Bonchev–Trinajstić information content (AvgIpc) is 3.44. The number of imide groups is 1. The average molecular weight is 655 g/mol. The maximum absolute atomic E-state index is 14.0. The summed E-state index contributed by atoms with van der Waals surface area (Å²) in [6.45, 7) is 1.56. The quantitative estimate of drug-likeness (QED) is 0.268. The van der Waals surface area contributed by atoms with Crippen LogP contribution in [-0.4, -0.2) is 34.6 Å². The lowest BCUT2D eigenvalue weighted by molar-refractivity contribution is -0.122. The number of fused-ring (bicyclic) bond motifs is 2. The number of ether oxygens (including phenoxy) is 1. The second kappa shape index (κ2) is 10.9. The Bertz CT molecular complexity index is 1740. The molecule has 12 heteroatoms. The number of hydrogen-bond donors (Lipinski definition) is 2. The van der Waals surface area contributed by atoms with Crippen molar-refractivity contribution in [3.63, 3.8) is 0 Å². The molecule has 0 saturated carbocycles. The third kappa shape index (κ3) is 5.22. The molecule has 0 bridgehead atoms. The number of anilines is 2. The molecule has 2 aliphatic rings. The first kappa shape index (κ1) is 27.4. The lowest BCUT2D eigenvalue weighted by Gasteiger charge is -2.31. The zero-order chi connectivity index (χ0) is 28.8. The van der Waals surface area contributed by atoms with Gasteiger partial charge in [-0.2, -0.15) is 0 Å². The van der Waals surface area contributed by atoms with E-state index in [0.717, 1.165) is 16.9 Å². The molecule has 0 radical (unpaired) electrons. The van der Waals surface area contributed by atoms with Crippen LogP contribution in [0.25, 0.3) is 0 Å². The summed E-state index contributed by atoms with van der Waals surface area (Å²) in [5, 5.41) is 2.43. The molecule has 1 aromatic heterocycles. The maximum atomic E-state index is 14.0. The molecule has 2 aliphatic heterocycles. The van der Waals surface area contributed by atoms with Crippen LogP contribution in [0.15, 0.2) is 81.0 Å². The van der Waals surface area contributed by atoms with E-state index < -0.39 is 28.8 Å². The summed E-state index contributed by atoms with van der Waals surface area (Å²) < 4.78 is 19.9. The number of amides is 3. The molecular formula is C29H21BrFN3O5S2. The molecule has 3 heterocycles. The van der Waals surface area contributed by atoms with E-state index in [2.05, 4.69) is 26.2 Å². The van der Waals surface area contributed by atoms with Crippen LogP contribution in [0.1, 0.15) is 21.9 Å². The topological polar surface area (TPSA) is 109 Å². The van der Waals surface area contributed by atoms with Gasteiger partial charge in [-0.1, -0.05) is 56.7 Å². The normalized spacial score (nSPS) is 19.6. The fourth-order valence-electron chi connectivity index (χ4n) is 5.07. The van der Waals surface area contributed by atoms with Gasteiger partial charge in [-0.25, -0.2) is 9.29 Å². The van der Waals surface area contributed by atoms with E-state index >= 15 is 0 Å². The number of thiazole rings is 1. The molecule has 4 aromatic rings. The summed E-state index contributed by atoms with van der Waals surface area (Å²) in [4.78, 5) is 57.1. The van der Waals surface area contributed by atoms with Gasteiger partial charge in [-0.05, 0) is 61.5 Å². The second-order valence-electron chi connectivity index (χ2n) is 9.62. The number of aromatic amines is 1. The Labute approximate surface area is 250 Å². The monoisotopic (exact) mass is 653 g/mol. The molecule has 1 fully saturated rings. The van der Waals surface area contributed by atoms with Gasteiger partial charge in [-0.15, -0.1) is 0 Å². The van der Waals surface area contributed by atoms with Crippen LogP contribution >= 0.6 is 39.0 Å². The van der Waals surface area contributed by atoms with Gasteiger partial charge in [0.15, 0.2) is 6.61 Å². The third-order valence-electron chi connectivity index (χ3n) is 6.91. The Morgan fingerprint density at radius 2 is 1.78 bits per heavy atom. The van der Waals surface area contributed by atoms with Crippen molar-refractivity contribution in [2.24, 2.45) is 5.92 Å². The second-order valence-corrected chi connectivity index (χ2v) is 12.7. The predicted octanol–water partition coefficient (Wildman–Crippen LogP) is 5.46. The number of aryl methyl sites for hydroxylation is 1. The third-order valence-corrected chi connectivity index (χ3v) is 9.80. The first-order valence-corrected chi connectivity index (χ1v) is 15.0. The van der Waals surface area contributed by atoms with Gasteiger partial charge < -0.3 is 15.0 Å². The minimum atomic E-state index is -0.808. The number of H-pyrrole nitrogens is 1.